The number of benzene rings is 2. The van der Waals surface area contributed by atoms with Crippen molar-refractivity contribution in [2.45, 2.75) is 13.3 Å². The van der Waals surface area contributed by atoms with E-state index in [-0.39, 0.29) is 0 Å². The lowest BCUT2D eigenvalue weighted by molar-refractivity contribution is 0.355. The van der Waals surface area contributed by atoms with E-state index >= 15 is 0 Å². The van der Waals surface area contributed by atoms with E-state index in [0.717, 1.165) is 40.1 Å². The number of fused-ring (bicyclic) bond motifs is 1. The van der Waals surface area contributed by atoms with Crippen LogP contribution in [-0.2, 0) is 6.42 Å². The molecule has 0 saturated heterocycles. The highest BCUT2D eigenvalue weighted by Crippen LogP contribution is 2.33. The van der Waals surface area contributed by atoms with E-state index in [1.807, 2.05) is 41.0 Å². The Labute approximate surface area is 169 Å². The van der Waals surface area contributed by atoms with Crippen LogP contribution in [0.1, 0.15) is 18.1 Å². The van der Waals surface area contributed by atoms with Gasteiger partial charge in [-0.1, -0.05) is 25.1 Å². The Morgan fingerprint density at radius 1 is 1.03 bits per heavy atom. The summed E-state index contributed by atoms with van der Waals surface area (Å²) in [5, 5.41) is 9.25. The van der Waals surface area contributed by atoms with Gasteiger partial charge in [-0.2, -0.15) is 5.26 Å². The van der Waals surface area contributed by atoms with Crippen LogP contribution in [0.15, 0.2) is 54.9 Å². The number of hydrogen-bond donors (Lipinski definition) is 0. The Morgan fingerprint density at radius 2 is 1.83 bits per heavy atom. The zero-order chi connectivity index (χ0) is 20.4. The van der Waals surface area contributed by atoms with E-state index in [0.29, 0.717) is 17.1 Å². The van der Waals surface area contributed by atoms with Gasteiger partial charge in [0.2, 0.25) is 0 Å². The predicted octanol–water partition coefficient (Wildman–Crippen LogP) is 4.54. The van der Waals surface area contributed by atoms with Crippen LogP contribution in [0.4, 0.5) is 0 Å². The fraction of sp³-hybridized carbons (Fsp3) is 0.174. The van der Waals surface area contributed by atoms with Gasteiger partial charge in [0, 0.05) is 17.7 Å². The van der Waals surface area contributed by atoms with E-state index in [1.54, 1.807) is 26.6 Å². The Bertz CT molecular complexity index is 1240. The van der Waals surface area contributed by atoms with Crippen molar-refractivity contribution in [2.24, 2.45) is 0 Å². The standard InChI is InChI=1S/C23H20N4O2/c1-4-16-8-9-22(26-23(16)17-7-5-6-15(10-17)13-24)27-14-25-18-11-20(28-2)21(29-3)12-19(18)27/h5-12,14H,4H2,1-3H3. The highest BCUT2D eigenvalue weighted by Gasteiger charge is 2.14. The van der Waals surface area contributed by atoms with Crippen LogP contribution in [0, 0.1) is 11.3 Å². The number of nitriles is 1. The number of hydrogen-bond acceptors (Lipinski definition) is 5. The third kappa shape index (κ3) is 3.27. The highest BCUT2D eigenvalue weighted by atomic mass is 16.5. The molecule has 6 heteroatoms. The topological polar surface area (TPSA) is 73.0 Å². The van der Waals surface area contributed by atoms with Gasteiger partial charge in [0.05, 0.1) is 42.6 Å². The van der Waals surface area contributed by atoms with E-state index in [2.05, 4.69) is 24.0 Å². The van der Waals surface area contributed by atoms with Gasteiger partial charge in [0.15, 0.2) is 11.5 Å². The molecule has 4 aromatic rings. The summed E-state index contributed by atoms with van der Waals surface area (Å²) < 4.78 is 12.7. The van der Waals surface area contributed by atoms with Crippen molar-refractivity contribution in [3.05, 3.63) is 66.0 Å². The Balaban J connectivity index is 1.89. The Hall–Kier alpha value is -3.85. The number of aromatic nitrogens is 3. The molecule has 0 saturated carbocycles. The molecule has 0 radical (unpaired) electrons. The Morgan fingerprint density at radius 3 is 2.55 bits per heavy atom. The number of ether oxygens (including phenoxy) is 2. The van der Waals surface area contributed by atoms with Crippen molar-refractivity contribution in [2.75, 3.05) is 14.2 Å². The molecule has 0 unspecified atom stereocenters. The maximum absolute atomic E-state index is 9.25. The molecule has 4 rings (SSSR count). The normalized spacial score (nSPS) is 10.7. The molecule has 0 aliphatic carbocycles. The highest BCUT2D eigenvalue weighted by molar-refractivity contribution is 5.81. The first-order chi connectivity index (χ1) is 14.2. The number of methoxy groups -OCH3 is 2. The van der Waals surface area contributed by atoms with Crippen molar-refractivity contribution in [1.82, 2.24) is 14.5 Å². The second-order valence-corrected chi connectivity index (χ2v) is 6.53. The quantitative estimate of drug-likeness (QED) is 0.505. The van der Waals surface area contributed by atoms with Crippen LogP contribution in [0.5, 0.6) is 11.5 Å². The van der Waals surface area contributed by atoms with Gasteiger partial charge in [-0.05, 0) is 30.2 Å². The Kier molecular flexibility index (Phi) is 4.88. The monoisotopic (exact) mass is 384 g/mol. The van der Waals surface area contributed by atoms with Crippen LogP contribution in [-0.4, -0.2) is 28.8 Å². The van der Waals surface area contributed by atoms with Crippen LogP contribution < -0.4 is 9.47 Å². The maximum Gasteiger partial charge on any atom is 0.163 e. The number of nitrogens with zero attached hydrogens (tertiary/aromatic N) is 4. The van der Waals surface area contributed by atoms with Gasteiger partial charge in [0.25, 0.3) is 0 Å². The molecule has 6 nitrogen and oxygen atoms in total. The molecular formula is C23H20N4O2. The molecule has 0 fully saturated rings. The minimum Gasteiger partial charge on any atom is -0.493 e. The summed E-state index contributed by atoms with van der Waals surface area (Å²) in [5.74, 6) is 2.01. The summed E-state index contributed by atoms with van der Waals surface area (Å²) in [4.78, 5) is 9.42. The second-order valence-electron chi connectivity index (χ2n) is 6.53. The minimum atomic E-state index is 0.613. The summed E-state index contributed by atoms with van der Waals surface area (Å²) in [6.45, 7) is 2.10. The molecular weight excluding hydrogens is 364 g/mol. The molecule has 144 valence electrons. The lowest BCUT2D eigenvalue weighted by atomic mass is 10.0. The van der Waals surface area contributed by atoms with Gasteiger partial charge in [-0.3, -0.25) is 4.57 Å². The number of aryl methyl sites for hydroxylation is 1. The molecule has 0 aliphatic heterocycles. The minimum absolute atomic E-state index is 0.613. The largest absolute Gasteiger partial charge is 0.493 e. The molecule has 0 atom stereocenters. The molecule has 2 aromatic carbocycles. The van der Waals surface area contributed by atoms with Gasteiger partial charge in [-0.25, -0.2) is 9.97 Å². The smallest absolute Gasteiger partial charge is 0.163 e. The summed E-state index contributed by atoms with van der Waals surface area (Å²) in [6.07, 6.45) is 2.59. The predicted molar refractivity (Wildman–Crippen MR) is 111 cm³/mol. The average Bonchev–Trinajstić information content (AvgIpc) is 3.20. The van der Waals surface area contributed by atoms with Crippen molar-refractivity contribution in [3.63, 3.8) is 0 Å². The zero-order valence-corrected chi connectivity index (χ0v) is 16.5. The fourth-order valence-electron chi connectivity index (χ4n) is 3.40. The lowest BCUT2D eigenvalue weighted by Crippen LogP contribution is -2.01. The zero-order valence-electron chi connectivity index (χ0n) is 16.5. The van der Waals surface area contributed by atoms with Gasteiger partial charge < -0.3 is 9.47 Å². The van der Waals surface area contributed by atoms with Crippen LogP contribution in [0.2, 0.25) is 0 Å². The SMILES string of the molecule is CCc1ccc(-n2cnc3cc(OC)c(OC)cc32)nc1-c1cccc(C#N)c1. The average molecular weight is 384 g/mol. The van der Waals surface area contributed by atoms with Crippen molar-refractivity contribution in [1.29, 1.82) is 5.26 Å². The number of imidazole rings is 1. The first-order valence-corrected chi connectivity index (χ1v) is 9.28. The molecule has 0 bridgehead atoms. The molecule has 0 aliphatic rings. The van der Waals surface area contributed by atoms with Crippen LogP contribution in [0.3, 0.4) is 0 Å². The van der Waals surface area contributed by atoms with E-state index in [1.165, 1.54) is 0 Å². The molecule has 0 N–H and O–H groups in total. The molecule has 0 amide bonds. The molecule has 2 aromatic heterocycles. The van der Waals surface area contributed by atoms with Crippen LogP contribution in [0.25, 0.3) is 28.1 Å². The molecule has 0 spiro atoms. The van der Waals surface area contributed by atoms with Gasteiger partial charge in [-0.15, -0.1) is 0 Å². The van der Waals surface area contributed by atoms with E-state index in [4.69, 9.17) is 14.5 Å². The van der Waals surface area contributed by atoms with E-state index in [9.17, 15) is 5.26 Å². The third-order valence-corrected chi connectivity index (χ3v) is 4.91. The summed E-state index contributed by atoms with van der Waals surface area (Å²) in [6, 6.07) is 17.5. The summed E-state index contributed by atoms with van der Waals surface area (Å²) in [7, 11) is 3.21. The fourth-order valence-corrected chi connectivity index (χ4v) is 3.40. The second kappa shape index (κ2) is 7.64. The summed E-state index contributed by atoms with van der Waals surface area (Å²) >= 11 is 0. The number of pyridine rings is 1. The van der Waals surface area contributed by atoms with Gasteiger partial charge >= 0.3 is 0 Å². The molecule has 2 heterocycles. The van der Waals surface area contributed by atoms with Crippen molar-refractivity contribution in [3.8, 4) is 34.6 Å². The maximum atomic E-state index is 9.25. The lowest BCUT2D eigenvalue weighted by Gasteiger charge is -2.12. The third-order valence-electron chi connectivity index (χ3n) is 4.91. The van der Waals surface area contributed by atoms with Crippen molar-refractivity contribution >= 4 is 11.0 Å². The van der Waals surface area contributed by atoms with Crippen LogP contribution >= 0.6 is 0 Å². The van der Waals surface area contributed by atoms with E-state index < -0.39 is 0 Å². The molecule has 29 heavy (non-hydrogen) atoms. The first kappa shape index (κ1) is 18.5. The van der Waals surface area contributed by atoms with Crippen molar-refractivity contribution < 1.29 is 9.47 Å². The summed E-state index contributed by atoms with van der Waals surface area (Å²) in [5.41, 5.74) is 5.18. The van der Waals surface area contributed by atoms with Gasteiger partial charge in [0.1, 0.15) is 12.1 Å². The first-order valence-electron chi connectivity index (χ1n) is 9.28. The number of rotatable bonds is 5.